The third-order valence-corrected chi connectivity index (χ3v) is 12.1. The van der Waals surface area contributed by atoms with Crippen molar-refractivity contribution in [3.05, 3.63) is 106 Å². The number of aromatic hydroxyl groups is 1. The van der Waals surface area contributed by atoms with E-state index in [1.54, 1.807) is 12.1 Å². The highest BCUT2D eigenvalue weighted by molar-refractivity contribution is 6.06. The number of fused-ring (bicyclic) bond motifs is 1. The van der Waals surface area contributed by atoms with Crippen LogP contribution in [0.15, 0.2) is 95.0 Å². The zero-order chi connectivity index (χ0) is 31.4. The van der Waals surface area contributed by atoms with Crippen molar-refractivity contribution in [2.75, 3.05) is 0 Å². The predicted molar refractivity (Wildman–Crippen MR) is 177 cm³/mol. The number of cyclic esters (lactones) is 2. The van der Waals surface area contributed by atoms with Crippen molar-refractivity contribution in [1.82, 2.24) is 0 Å². The molecule has 1 N–H and O–H groups in total. The number of carbonyl (C=O) groups is 2. The summed E-state index contributed by atoms with van der Waals surface area (Å²) in [7, 11) is 0. The van der Waals surface area contributed by atoms with Gasteiger partial charge in [-0.1, -0.05) is 75.1 Å². The molecule has 2 heterocycles. The molecule has 1 saturated heterocycles. The topological polar surface area (TPSA) is 72.8 Å². The molecule has 2 saturated carbocycles. The standard InChI is InChI=1S/C41H44O5/c1-2-25(22-27-12-4-3-5-13-27)23-34-41-21-20-30(35(38(41)40(44)46-34)28-15-9-16-29(42)24-28)31-18-19-32-33(45-39(43)36(32)37(31)41)17-8-14-26-10-6-7-11-26/h3-5,9,12-13,15-17,23-26,30-31,37,42H,2,6-8,10-11,14,18-22H2,1H3. The molecule has 2 aromatic rings. The lowest BCUT2D eigenvalue weighted by Gasteiger charge is -2.56. The Kier molecular flexibility index (Phi) is 7.54. The second-order valence-corrected chi connectivity index (χ2v) is 14.5. The van der Waals surface area contributed by atoms with Gasteiger partial charge in [0.25, 0.3) is 0 Å². The molecule has 2 aromatic carbocycles. The number of esters is 2. The van der Waals surface area contributed by atoms with Crippen LogP contribution in [0.5, 0.6) is 5.75 Å². The summed E-state index contributed by atoms with van der Waals surface area (Å²) >= 11 is 0. The van der Waals surface area contributed by atoms with E-state index in [4.69, 9.17) is 9.47 Å². The third-order valence-electron chi connectivity index (χ3n) is 12.1. The molecule has 0 aromatic heterocycles. The Morgan fingerprint density at radius 1 is 0.957 bits per heavy atom. The van der Waals surface area contributed by atoms with Gasteiger partial charge in [-0.05, 0) is 116 Å². The van der Waals surface area contributed by atoms with Crippen LogP contribution in [0.1, 0.15) is 88.7 Å². The summed E-state index contributed by atoms with van der Waals surface area (Å²) in [6.07, 6.45) is 17.0. The van der Waals surface area contributed by atoms with Gasteiger partial charge >= 0.3 is 11.9 Å². The average Bonchev–Trinajstić information content (AvgIpc) is 3.78. The second kappa shape index (κ2) is 11.7. The number of carbonyl (C=O) groups excluding carboxylic acids is 2. The highest BCUT2D eigenvalue weighted by atomic mass is 16.5. The van der Waals surface area contributed by atoms with E-state index in [-0.39, 0.29) is 41.4 Å². The Labute approximate surface area is 272 Å². The minimum absolute atomic E-state index is 0.110. The first-order valence-corrected chi connectivity index (χ1v) is 17.7. The van der Waals surface area contributed by atoms with Gasteiger partial charge in [0, 0.05) is 17.1 Å². The first-order valence-electron chi connectivity index (χ1n) is 17.7. The van der Waals surface area contributed by atoms with Gasteiger partial charge in [0.15, 0.2) is 0 Å². The molecule has 0 radical (unpaired) electrons. The molecule has 3 fully saturated rings. The Morgan fingerprint density at radius 2 is 1.78 bits per heavy atom. The van der Waals surface area contributed by atoms with Gasteiger partial charge in [-0.25, -0.2) is 9.59 Å². The maximum Gasteiger partial charge on any atom is 0.340 e. The maximum atomic E-state index is 14.2. The highest BCUT2D eigenvalue weighted by Gasteiger charge is 2.68. The molecule has 5 aliphatic carbocycles. The summed E-state index contributed by atoms with van der Waals surface area (Å²) in [6.45, 7) is 2.19. The number of phenolic OH excluding ortho intramolecular Hbond substituents is 1. The van der Waals surface area contributed by atoms with Crippen molar-refractivity contribution in [3.8, 4) is 5.75 Å². The van der Waals surface area contributed by atoms with Crippen molar-refractivity contribution < 1.29 is 24.2 Å². The van der Waals surface area contributed by atoms with Crippen LogP contribution in [0.25, 0.3) is 5.57 Å². The van der Waals surface area contributed by atoms with E-state index in [0.29, 0.717) is 5.57 Å². The van der Waals surface area contributed by atoms with Gasteiger partial charge in [-0.2, -0.15) is 0 Å². The van der Waals surface area contributed by atoms with Crippen LogP contribution in [-0.2, 0) is 25.5 Å². The largest absolute Gasteiger partial charge is 0.508 e. The van der Waals surface area contributed by atoms with E-state index in [2.05, 4.69) is 43.3 Å². The Hall–Kier alpha value is -3.86. The summed E-state index contributed by atoms with van der Waals surface area (Å²) < 4.78 is 12.5. The Balaban J connectivity index is 1.26. The van der Waals surface area contributed by atoms with Crippen molar-refractivity contribution >= 4 is 17.5 Å². The van der Waals surface area contributed by atoms with E-state index in [9.17, 15) is 14.7 Å². The van der Waals surface area contributed by atoms with E-state index in [0.717, 1.165) is 91.1 Å². The SMILES string of the molecule is CCC(C=C1OC(=O)C2=C(c3cccc(O)c3)C3CCC12C1C2=C(CCC31)C(=CCCC1CCCC1)OC2=O)Cc1ccccc1. The number of hydrogen-bond donors (Lipinski definition) is 1. The summed E-state index contributed by atoms with van der Waals surface area (Å²) in [6, 6.07) is 17.8. The van der Waals surface area contributed by atoms with Crippen LogP contribution in [0.2, 0.25) is 0 Å². The van der Waals surface area contributed by atoms with Gasteiger partial charge in [0.2, 0.25) is 0 Å². The molecule has 7 aliphatic rings. The minimum atomic E-state index is -0.722. The van der Waals surface area contributed by atoms with Crippen molar-refractivity contribution in [2.24, 2.45) is 35.0 Å². The predicted octanol–water partition coefficient (Wildman–Crippen LogP) is 9.00. The van der Waals surface area contributed by atoms with Crippen LogP contribution < -0.4 is 0 Å². The van der Waals surface area contributed by atoms with Gasteiger partial charge in [0.05, 0.1) is 11.0 Å². The number of benzene rings is 2. The molecular formula is C41H44O5. The molecular weight excluding hydrogens is 572 g/mol. The van der Waals surface area contributed by atoms with Gasteiger partial charge in [-0.3, -0.25) is 0 Å². The molecule has 9 rings (SSSR count). The van der Waals surface area contributed by atoms with Crippen LogP contribution in [0.4, 0.5) is 0 Å². The molecule has 0 amide bonds. The summed E-state index contributed by atoms with van der Waals surface area (Å²) in [5.74, 6) is 2.25. The normalized spacial score (nSPS) is 30.9. The molecule has 5 atom stereocenters. The quantitative estimate of drug-likeness (QED) is 0.300. The van der Waals surface area contributed by atoms with E-state index in [1.165, 1.54) is 31.2 Å². The number of ether oxygens (including phenoxy) is 2. The lowest BCUT2D eigenvalue weighted by molar-refractivity contribution is -0.135. The Bertz CT molecular complexity index is 1690. The molecule has 2 bridgehead atoms. The zero-order valence-electron chi connectivity index (χ0n) is 26.8. The molecule has 238 valence electrons. The van der Waals surface area contributed by atoms with Gasteiger partial charge < -0.3 is 14.6 Å². The second-order valence-electron chi connectivity index (χ2n) is 14.5. The lowest BCUT2D eigenvalue weighted by Crippen LogP contribution is -2.52. The minimum Gasteiger partial charge on any atom is -0.508 e. The van der Waals surface area contributed by atoms with Gasteiger partial charge in [-0.15, -0.1) is 0 Å². The molecule has 1 spiro atoms. The maximum absolute atomic E-state index is 14.2. The molecule has 5 unspecified atom stereocenters. The lowest BCUT2D eigenvalue weighted by atomic mass is 9.44. The van der Waals surface area contributed by atoms with Crippen molar-refractivity contribution in [3.63, 3.8) is 0 Å². The van der Waals surface area contributed by atoms with Gasteiger partial charge in [0.1, 0.15) is 17.3 Å². The summed E-state index contributed by atoms with van der Waals surface area (Å²) in [5.41, 5.74) is 4.99. The van der Waals surface area contributed by atoms with Crippen molar-refractivity contribution in [1.29, 1.82) is 0 Å². The first-order chi connectivity index (χ1) is 22.5. The number of phenols is 1. The van der Waals surface area contributed by atoms with Crippen LogP contribution in [0, 0.1) is 35.0 Å². The smallest absolute Gasteiger partial charge is 0.340 e. The highest BCUT2D eigenvalue weighted by Crippen LogP contribution is 2.71. The van der Waals surface area contributed by atoms with Crippen LogP contribution in [0.3, 0.4) is 0 Å². The van der Waals surface area contributed by atoms with Crippen LogP contribution in [-0.4, -0.2) is 17.0 Å². The fourth-order valence-corrected chi connectivity index (χ4v) is 10.1. The van der Waals surface area contributed by atoms with E-state index < -0.39 is 5.41 Å². The fourth-order valence-electron chi connectivity index (χ4n) is 10.1. The molecule has 2 aliphatic heterocycles. The number of allylic oxidation sites excluding steroid dienone is 5. The van der Waals surface area contributed by atoms with E-state index >= 15 is 0 Å². The molecule has 5 heteroatoms. The van der Waals surface area contributed by atoms with Crippen molar-refractivity contribution in [2.45, 2.75) is 84.0 Å². The van der Waals surface area contributed by atoms with Crippen LogP contribution >= 0.6 is 0 Å². The molecule has 5 nitrogen and oxygen atoms in total. The number of rotatable bonds is 8. The summed E-state index contributed by atoms with van der Waals surface area (Å²) in [5, 5.41) is 10.5. The fraction of sp³-hybridized carbons (Fsp3) is 0.463. The zero-order valence-corrected chi connectivity index (χ0v) is 26.8. The average molecular weight is 617 g/mol. The third kappa shape index (κ3) is 4.72. The molecule has 46 heavy (non-hydrogen) atoms. The number of hydrogen-bond acceptors (Lipinski definition) is 5. The Morgan fingerprint density at radius 3 is 2.57 bits per heavy atom. The monoisotopic (exact) mass is 616 g/mol. The first kappa shape index (κ1) is 29.5. The van der Waals surface area contributed by atoms with E-state index in [1.807, 2.05) is 18.2 Å². The summed E-state index contributed by atoms with van der Waals surface area (Å²) in [4.78, 5) is 28.1.